The standard InChI is InChI=1S/C18H25N5O3/c1-12(2)10-26-17-14(5-4-7-19-17)18(24)23(3)9-15-13(6-8-25-15)16-20-11-21-22-16/h4-5,7,11-13,15H,6,8-10H2,1-3H3,(H,20,21,22)/t13-,15-/m1/s1. The van der Waals surface area contributed by atoms with Crippen molar-refractivity contribution in [3.05, 3.63) is 36.0 Å². The summed E-state index contributed by atoms with van der Waals surface area (Å²) in [6.45, 7) is 5.73. The van der Waals surface area contributed by atoms with Gasteiger partial charge in [0.1, 0.15) is 17.7 Å². The van der Waals surface area contributed by atoms with E-state index in [2.05, 4.69) is 34.0 Å². The van der Waals surface area contributed by atoms with Crippen LogP contribution in [-0.4, -0.2) is 63.9 Å². The summed E-state index contributed by atoms with van der Waals surface area (Å²) < 4.78 is 11.5. The van der Waals surface area contributed by atoms with E-state index in [4.69, 9.17) is 9.47 Å². The molecule has 2 atom stereocenters. The quantitative estimate of drug-likeness (QED) is 0.811. The normalized spacial score (nSPS) is 19.7. The Morgan fingerprint density at radius 2 is 2.31 bits per heavy atom. The molecule has 1 N–H and O–H groups in total. The van der Waals surface area contributed by atoms with Crippen LogP contribution in [0.4, 0.5) is 0 Å². The van der Waals surface area contributed by atoms with Crippen LogP contribution in [0.1, 0.15) is 42.4 Å². The van der Waals surface area contributed by atoms with Crippen LogP contribution in [0, 0.1) is 5.92 Å². The fraction of sp³-hybridized carbons (Fsp3) is 0.556. The van der Waals surface area contributed by atoms with Gasteiger partial charge in [0.05, 0.1) is 12.7 Å². The van der Waals surface area contributed by atoms with Crippen molar-refractivity contribution in [3.63, 3.8) is 0 Å². The second-order valence-electron chi connectivity index (χ2n) is 6.92. The highest BCUT2D eigenvalue weighted by Gasteiger charge is 2.34. The van der Waals surface area contributed by atoms with Gasteiger partial charge in [0, 0.05) is 32.3 Å². The maximum atomic E-state index is 12.9. The maximum Gasteiger partial charge on any atom is 0.259 e. The molecule has 2 aromatic heterocycles. The molecule has 8 nitrogen and oxygen atoms in total. The van der Waals surface area contributed by atoms with E-state index in [0.29, 0.717) is 37.1 Å². The molecule has 0 aliphatic carbocycles. The monoisotopic (exact) mass is 359 g/mol. The van der Waals surface area contributed by atoms with E-state index in [1.807, 2.05) is 0 Å². The van der Waals surface area contributed by atoms with Crippen LogP contribution < -0.4 is 4.74 Å². The van der Waals surface area contributed by atoms with Crippen molar-refractivity contribution in [1.29, 1.82) is 0 Å². The number of carbonyl (C=O) groups excluding carboxylic acids is 1. The third-order valence-electron chi connectivity index (χ3n) is 4.35. The predicted molar refractivity (Wildman–Crippen MR) is 95.0 cm³/mol. The molecule has 1 saturated heterocycles. The van der Waals surface area contributed by atoms with Crippen molar-refractivity contribution < 1.29 is 14.3 Å². The Balaban J connectivity index is 1.68. The molecule has 3 rings (SSSR count). The first-order chi connectivity index (χ1) is 12.6. The summed E-state index contributed by atoms with van der Waals surface area (Å²) in [5.41, 5.74) is 0.463. The molecule has 0 saturated carbocycles. The molecule has 0 spiro atoms. The topological polar surface area (TPSA) is 93.2 Å². The SMILES string of the molecule is CC(C)COc1ncccc1C(=O)N(C)C[C@H]1OCC[C@H]1c1ncn[nH]1. The van der Waals surface area contributed by atoms with Crippen molar-refractivity contribution in [2.24, 2.45) is 5.92 Å². The lowest BCUT2D eigenvalue weighted by Crippen LogP contribution is -2.36. The number of aromatic nitrogens is 4. The zero-order valence-corrected chi connectivity index (χ0v) is 15.4. The number of likely N-dealkylation sites (N-methyl/N-ethyl adjacent to an activating group) is 1. The lowest BCUT2D eigenvalue weighted by atomic mass is 10.0. The minimum atomic E-state index is -0.135. The molecule has 26 heavy (non-hydrogen) atoms. The molecule has 0 unspecified atom stereocenters. The smallest absolute Gasteiger partial charge is 0.259 e. The van der Waals surface area contributed by atoms with Gasteiger partial charge in [-0.3, -0.25) is 9.89 Å². The number of aromatic amines is 1. The number of rotatable bonds is 7. The van der Waals surface area contributed by atoms with E-state index in [0.717, 1.165) is 12.2 Å². The Morgan fingerprint density at radius 3 is 3.04 bits per heavy atom. The first-order valence-corrected chi connectivity index (χ1v) is 8.86. The fourth-order valence-corrected chi connectivity index (χ4v) is 3.01. The van der Waals surface area contributed by atoms with Gasteiger partial charge < -0.3 is 14.4 Å². The molecule has 1 aliphatic rings. The van der Waals surface area contributed by atoms with Gasteiger partial charge in [-0.05, 0) is 24.5 Å². The number of nitrogens with zero attached hydrogens (tertiary/aromatic N) is 4. The summed E-state index contributed by atoms with van der Waals surface area (Å²) in [6.07, 6.45) is 3.87. The molecule has 8 heteroatoms. The highest BCUT2D eigenvalue weighted by Crippen LogP contribution is 2.29. The third kappa shape index (κ3) is 4.19. The first kappa shape index (κ1) is 18.3. The Morgan fingerprint density at radius 1 is 1.46 bits per heavy atom. The number of carbonyl (C=O) groups is 1. The average molecular weight is 359 g/mol. The van der Waals surface area contributed by atoms with E-state index in [1.54, 1.807) is 30.3 Å². The Bertz CT molecular complexity index is 719. The highest BCUT2D eigenvalue weighted by molar-refractivity contribution is 5.96. The highest BCUT2D eigenvalue weighted by atomic mass is 16.5. The summed E-state index contributed by atoms with van der Waals surface area (Å²) in [4.78, 5) is 23.0. The van der Waals surface area contributed by atoms with Crippen molar-refractivity contribution >= 4 is 5.91 Å². The number of H-pyrrole nitrogens is 1. The van der Waals surface area contributed by atoms with Crippen molar-refractivity contribution in [2.45, 2.75) is 32.3 Å². The van der Waals surface area contributed by atoms with E-state index in [9.17, 15) is 4.79 Å². The third-order valence-corrected chi connectivity index (χ3v) is 4.35. The largest absolute Gasteiger partial charge is 0.477 e. The van der Waals surface area contributed by atoms with E-state index >= 15 is 0 Å². The maximum absolute atomic E-state index is 12.9. The van der Waals surface area contributed by atoms with Crippen LogP contribution in [0.2, 0.25) is 0 Å². The van der Waals surface area contributed by atoms with E-state index in [1.165, 1.54) is 6.33 Å². The molecule has 140 valence electrons. The molecule has 0 radical (unpaired) electrons. The molecule has 1 aliphatic heterocycles. The summed E-state index contributed by atoms with van der Waals surface area (Å²) in [6, 6.07) is 3.48. The van der Waals surface area contributed by atoms with Crippen molar-refractivity contribution in [3.8, 4) is 5.88 Å². The zero-order chi connectivity index (χ0) is 18.5. The van der Waals surface area contributed by atoms with Crippen LogP contribution in [0.3, 0.4) is 0 Å². The number of hydrogen-bond donors (Lipinski definition) is 1. The summed E-state index contributed by atoms with van der Waals surface area (Å²) >= 11 is 0. The molecule has 3 heterocycles. The van der Waals surface area contributed by atoms with Crippen LogP contribution in [0.15, 0.2) is 24.7 Å². The minimum Gasteiger partial charge on any atom is -0.477 e. The van der Waals surface area contributed by atoms with Gasteiger partial charge in [0.15, 0.2) is 0 Å². The molecule has 2 aromatic rings. The zero-order valence-electron chi connectivity index (χ0n) is 15.4. The van der Waals surface area contributed by atoms with Gasteiger partial charge in [-0.25, -0.2) is 9.97 Å². The van der Waals surface area contributed by atoms with Gasteiger partial charge in [-0.1, -0.05) is 13.8 Å². The molecular weight excluding hydrogens is 334 g/mol. The van der Waals surface area contributed by atoms with Gasteiger partial charge in [-0.15, -0.1) is 0 Å². The predicted octanol–water partition coefficient (Wildman–Crippen LogP) is 1.88. The van der Waals surface area contributed by atoms with E-state index in [-0.39, 0.29) is 17.9 Å². The van der Waals surface area contributed by atoms with Gasteiger partial charge in [-0.2, -0.15) is 5.10 Å². The van der Waals surface area contributed by atoms with Crippen molar-refractivity contribution in [1.82, 2.24) is 25.1 Å². The lowest BCUT2D eigenvalue weighted by molar-refractivity contribution is 0.0546. The Labute approximate surface area is 152 Å². The van der Waals surface area contributed by atoms with Crippen molar-refractivity contribution in [2.75, 3.05) is 26.8 Å². The Kier molecular flexibility index (Phi) is 5.82. The minimum absolute atomic E-state index is 0.110. The first-order valence-electron chi connectivity index (χ1n) is 8.86. The molecule has 1 amide bonds. The summed E-state index contributed by atoms with van der Waals surface area (Å²) in [5, 5.41) is 6.82. The number of hydrogen-bond acceptors (Lipinski definition) is 6. The molecule has 0 bridgehead atoms. The summed E-state index contributed by atoms with van der Waals surface area (Å²) in [7, 11) is 1.76. The fourth-order valence-electron chi connectivity index (χ4n) is 3.01. The summed E-state index contributed by atoms with van der Waals surface area (Å²) in [5.74, 6) is 1.50. The average Bonchev–Trinajstić information content (AvgIpc) is 3.30. The number of pyridine rings is 1. The van der Waals surface area contributed by atoms with Gasteiger partial charge >= 0.3 is 0 Å². The number of nitrogens with one attached hydrogen (secondary N) is 1. The van der Waals surface area contributed by atoms with Crippen LogP contribution in [0.25, 0.3) is 0 Å². The van der Waals surface area contributed by atoms with Crippen LogP contribution >= 0.6 is 0 Å². The number of ether oxygens (including phenoxy) is 2. The van der Waals surface area contributed by atoms with E-state index < -0.39 is 0 Å². The Hall–Kier alpha value is -2.48. The van der Waals surface area contributed by atoms with Gasteiger partial charge in [0.2, 0.25) is 5.88 Å². The van der Waals surface area contributed by atoms with Gasteiger partial charge in [0.25, 0.3) is 5.91 Å². The molecular formula is C18H25N5O3. The van der Waals surface area contributed by atoms with Crippen LogP contribution in [-0.2, 0) is 4.74 Å². The second-order valence-corrected chi connectivity index (χ2v) is 6.92. The number of amides is 1. The molecule has 1 fully saturated rings. The second kappa shape index (κ2) is 8.27. The molecule has 0 aromatic carbocycles. The lowest BCUT2D eigenvalue weighted by Gasteiger charge is -2.24. The van der Waals surface area contributed by atoms with Crippen LogP contribution in [0.5, 0.6) is 5.88 Å².